The van der Waals surface area contributed by atoms with Crippen LogP contribution in [0.2, 0.25) is 0 Å². The summed E-state index contributed by atoms with van der Waals surface area (Å²) in [5, 5.41) is 0. The van der Waals surface area contributed by atoms with E-state index in [1.807, 2.05) is 0 Å². The van der Waals surface area contributed by atoms with Gasteiger partial charge in [0.15, 0.2) is 0 Å². The Morgan fingerprint density at radius 1 is 1.17 bits per heavy atom. The molecule has 6 heavy (non-hydrogen) atoms. The molecule has 0 amide bonds. The molecule has 0 unspecified atom stereocenters. The van der Waals surface area contributed by atoms with Gasteiger partial charge in [0.2, 0.25) is 0 Å². The van der Waals surface area contributed by atoms with Crippen molar-refractivity contribution in [1.29, 1.82) is 0 Å². The monoisotopic (exact) mass is 100.0 g/mol. The summed E-state index contributed by atoms with van der Waals surface area (Å²) in [4.78, 5) is 0. The van der Waals surface area contributed by atoms with E-state index in [1.54, 1.807) is 0 Å². The molecule has 0 aliphatic carbocycles. The van der Waals surface area contributed by atoms with Gasteiger partial charge in [-0.2, -0.15) is 8.42 Å². The van der Waals surface area contributed by atoms with Crippen LogP contribution in [0.4, 0.5) is 0 Å². The van der Waals surface area contributed by atoms with E-state index in [4.69, 9.17) is 17.5 Å². The van der Waals surface area contributed by atoms with Gasteiger partial charge in [0.05, 0.1) is 0 Å². The number of hydrogen-bond donors (Lipinski definition) is 2. The second-order valence-electron chi connectivity index (χ2n) is 0.448. The Labute approximate surface area is 45.6 Å². The molecule has 0 saturated carbocycles. The molecule has 4 nitrogen and oxygen atoms in total. The first kappa shape index (κ1) is 9.63. The Morgan fingerprint density at radius 3 is 1.17 bits per heavy atom. The van der Waals surface area contributed by atoms with Crippen LogP contribution in [0.25, 0.3) is 0 Å². The van der Waals surface area contributed by atoms with Crippen molar-refractivity contribution in [1.82, 2.24) is 0 Å². The zero-order valence-electron chi connectivity index (χ0n) is 2.47. The number of hydrogen-bond acceptors (Lipinski definition) is 2. The Kier molecular flexibility index (Phi) is 4.08. The maximum absolute atomic E-state index is 8.74. The standard InChI is InChI=1S/Fe.H2O4S/c;1-5(2,3)4/h;(H2,1,2,3,4)/i1-54;. The molecule has 0 aliphatic rings. The van der Waals surface area contributed by atoms with Gasteiger partial charge in [-0.05, 0) is 0 Å². The molecule has 0 spiro atoms. The van der Waals surface area contributed by atoms with Gasteiger partial charge in [-0.15, -0.1) is 0 Å². The van der Waals surface area contributed by atoms with Crippen LogP contribution in [0.1, 0.15) is 0 Å². The summed E-state index contributed by atoms with van der Waals surface area (Å²) in [5.41, 5.74) is 0. The molecule has 0 atom stereocenters. The Morgan fingerprint density at radius 2 is 1.17 bits per heavy atom. The fourth-order valence-electron chi connectivity index (χ4n) is 0. The quantitative estimate of drug-likeness (QED) is 0.313. The van der Waals surface area contributed by atoms with E-state index in [-0.39, 0.29) is 17.1 Å². The fraction of sp³-hybridized carbons (Fsp3) is 0. The van der Waals surface area contributed by atoms with Gasteiger partial charge in [0, 0.05) is 17.1 Å². The summed E-state index contributed by atoms with van der Waals surface area (Å²) in [5.74, 6) is 0. The molecule has 0 radical (unpaired) electrons. The minimum atomic E-state index is -4.67. The van der Waals surface area contributed by atoms with E-state index in [0.717, 1.165) is 0 Å². The third-order valence-electron chi connectivity index (χ3n) is 0. The summed E-state index contributed by atoms with van der Waals surface area (Å²) in [6, 6.07) is 0. The summed E-state index contributed by atoms with van der Waals surface area (Å²) < 4.78 is 31.6. The normalized spacial score (nSPS) is 9.67. The zero-order chi connectivity index (χ0) is 4.50. The number of rotatable bonds is 0. The topological polar surface area (TPSA) is 74.6 Å². The van der Waals surface area contributed by atoms with Crippen molar-refractivity contribution in [2.45, 2.75) is 0 Å². The first-order valence-electron chi connectivity index (χ1n) is 0.698. The fourth-order valence-corrected chi connectivity index (χ4v) is 0. The van der Waals surface area contributed by atoms with Crippen LogP contribution in [0.15, 0.2) is 0 Å². The second-order valence-corrected chi connectivity index (χ2v) is 1.34. The van der Waals surface area contributed by atoms with Crippen LogP contribution >= 0.6 is 0 Å². The maximum Gasteiger partial charge on any atom is 0.394 e. The van der Waals surface area contributed by atoms with Crippen LogP contribution in [-0.4, -0.2) is 17.5 Å². The molecule has 0 aromatic heterocycles. The molecule has 0 rings (SSSR count). The van der Waals surface area contributed by atoms with Crippen molar-refractivity contribution in [3.05, 3.63) is 0 Å². The van der Waals surface area contributed by atoms with E-state index < -0.39 is 10.4 Å². The summed E-state index contributed by atoms with van der Waals surface area (Å²) in [7, 11) is -4.67. The largest absolute Gasteiger partial charge is 0.394 e. The molecule has 2 N–H and O–H groups in total. The van der Waals surface area contributed by atoms with E-state index in [1.165, 1.54) is 0 Å². The third-order valence-corrected chi connectivity index (χ3v) is 0. The second kappa shape index (κ2) is 2.54. The zero-order valence-corrected chi connectivity index (χ0v) is 4.39. The smallest absolute Gasteiger partial charge is 0.264 e. The van der Waals surface area contributed by atoms with Gasteiger partial charge in [-0.25, -0.2) is 0 Å². The van der Waals surface area contributed by atoms with Crippen LogP contribution in [0.5, 0.6) is 0 Å². The van der Waals surface area contributed by atoms with Gasteiger partial charge in [0.25, 0.3) is 0 Å². The molecule has 0 aliphatic heterocycles. The van der Waals surface area contributed by atoms with Crippen molar-refractivity contribution in [2.75, 3.05) is 0 Å². The van der Waals surface area contributed by atoms with Crippen LogP contribution in [-0.2, 0) is 27.5 Å². The average molecular weight is 100 g/mol. The Balaban J connectivity index is 0. The minimum absolute atomic E-state index is 0. The Hall–Kier alpha value is 0.389. The van der Waals surface area contributed by atoms with E-state index in [0.29, 0.717) is 0 Å². The molecule has 0 bridgehead atoms. The molecule has 0 saturated heterocycles. The van der Waals surface area contributed by atoms with Gasteiger partial charge in [0.1, 0.15) is 0 Å². The van der Waals surface area contributed by atoms with E-state index in [2.05, 4.69) is 0 Å². The molecule has 0 heterocycles. The molecular weight excluding hydrogens is 98.1 g/mol. The molecule has 0 aromatic carbocycles. The molecule has 0 fully saturated rings. The predicted octanol–water partition coefficient (Wildman–Crippen LogP) is -0.655. The van der Waals surface area contributed by atoms with Crippen molar-refractivity contribution < 1.29 is 34.6 Å². The van der Waals surface area contributed by atoms with Gasteiger partial charge >= 0.3 is 10.4 Å². The third kappa shape index (κ3) is 332. The first-order valence-corrected chi connectivity index (χ1v) is 2.10. The summed E-state index contributed by atoms with van der Waals surface area (Å²) in [6.07, 6.45) is 0. The van der Waals surface area contributed by atoms with Crippen molar-refractivity contribution in [3.8, 4) is 0 Å². The van der Waals surface area contributed by atoms with Gasteiger partial charge < -0.3 is 0 Å². The van der Waals surface area contributed by atoms with Crippen LogP contribution in [0, 0.1) is 0 Å². The van der Waals surface area contributed by atoms with Crippen molar-refractivity contribution in [3.63, 3.8) is 0 Å². The summed E-state index contributed by atoms with van der Waals surface area (Å²) >= 11 is 0. The van der Waals surface area contributed by atoms with E-state index >= 15 is 0 Å². The summed E-state index contributed by atoms with van der Waals surface area (Å²) in [6.45, 7) is 0. The molecule has 40 valence electrons. The average Bonchev–Trinajstić information content (AvgIpc) is 0.722. The van der Waals surface area contributed by atoms with Crippen LogP contribution in [0.3, 0.4) is 0 Å². The predicted molar refractivity (Wildman–Crippen MR) is 14.2 cm³/mol. The SMILES string of the molecule is O=S(=O)(O)O.[2Fe]. The van der Waals surface area contributed by atoms with Crippen molar-refractivity contribution >= 4 is 10.4 Å². The van der Waals surface area contributed by atoms with Gasteiger partial charge in [-0.3, -0.25) is 9.11 Å². The first-order chi connectivity index (χ1) is 2.00. The molecule has 0 aromatic rings. The van der Waals surface area contributed by atoms with Crippen LogP contribution < -0.4 is 0 Å². The molecule has 6 heteroatoms. The minimum Gasteiger partial charge on any atom is -0.264 e. The van der Waals surface area contributed by atoms with Crippen molar-refractivity contribution in [2.24, 2.45) is 0 Å². The van der Waals surface area contributed by atoms with Gasteiger partial charge in [-0.1, -0.05) is 0 Å². The van der Waals surface area contributed by atoms with E-state index in [9.17, 15) is 0 Å². The maximum atomic E-state index is 8.74. The molecular formula is H2FeO4S. The Bertz CT molecular complexity index is 90.7.